The van der Waals surface area contributed by atoms with Gasteiger partial charge in [-0.1, -0.05) is 0 Å². The van der Waals surface area contributed by atoms with Crippen LogP contribution in [0.5, 0.6) is 5.75 Å². The van der Waals surface area contributed by atoms with Gasteiger partial charge in [0.1, 0.15) is 0 Å². The molecular weight excluding hydrogens is 471 g/mol. The minimum absolute atomic E-state index is 0.311. The number of carbonyl (C=O) groups is 1. The fourth-order valence-corrected chi connectivity index (χ4v) is 8.21. The van der Waals surface area contributed by atoms with Crippen LogP contribution in [0.3, 0.4) is 0 Å². The summed E-state index contributed by atoms with van der Waals surface area (Å²) in [4.78, 5) is 11.7. The molecule has 26 heavy (non-hydrogen) atoms. The summed E-state index contributed by atoms with van der Waals surface area (Å²) < 4.78 is 40.6. The molecule has 0 N–H and O–H groups in total. The molecular formula is C18H21IO6S. The Kier molecular flexibility index (Phi) is 6.64. The quantitative estimate of drug-likeness (QED) is 0.349. The van der Waals surface area contributed by atoms with Gasteiger partial charge in [-0.2, -0.15) is 0 Å². The number of ether oxygens (including phenoxy) is 2. The molecule has 2 rings (SSSR count). The van der Waals surface area contributed by atoms with Crippen LogP contribution in [0.2, 0.25) is 0 Å². The molecule has 0 aromatic heterocycles. The van der Waals surface area contributed by atoms with Gasteiger partial charge in [0, 0.05) is 0 Å². The van der Waals surface area contributed by atoms with Gasteiger partial charge in [0.2, 0.25) is 0 Å². The van der Waals surface area contributed by atoms with E-state index in [9.17, 15) is 13.2 Å². The third kappa shape index (κ3) is 6.93. The average Bonchev–Trinajstić information content (AvgIpc) is 2.52. The van der Waals surface area contributed by atoms with E-state index in [2.05, 4.69) is 0 Å². The molecule has 0 fully saturated rings. The number of rotatable bonds is 5. The van der Waals surface area contributed by atoms with Crippen LogP contribution in [0.1, 0.15) is 20.8 Å². The normalized spacial score (nSPS) is 12.4. The van der Waals surface area contributed by atoms with E-state index in [0.29, 0.717) is 5.75 Å². The first-order valence-electron chi connectivity index (χ1n) is 7.69. The van der Waals surface area contributed by atoms with Gasteiger partial charge in [-0.05, 0) is 0 Å². The van der Waals surface area contributed by atoms with E-state index in [1.807, 2.05) is 30.3 Å². The Morgan fingerprint density at radius 3 is 1.96 bits per heavy atom. The molecule has 0 saturated carbocycles. The summed E-state index contributed by atoms with van der Waals surface area (Å²) >= 11 is -2.64. The summed E-state index contributed by atoms with van der Waals surface area (Å²) in [6.45, 7) is 5.24. The molecule has 0 spiro atoms. The van der Waals surface area contributed by atoms with E-state index in [1.165, 1.54) is 0 Å². The van der Waals surface area contributed by atoms with E-state index in [-0.39, 0.29) is 0 Å². The molecule has 0 bridgehead atoms. The molecule has 6 nitrogen and oxygen atoms in total. The zero-order valence-electron chi connectivity index (χ0n) is 14.9. The standard InChI is InChI=1S/C18H21IO6S/c1-18(2,3)24-17(20)23-16-12-10-15(11-13-16)19(25-26(4,21)22)14-8-6-5-7-9-14/h5-13H,1-4H3. The van der Waals surface area contributed by atoms with Crippen LogP contribution >= 0.6 is 20.2 Å². The van der Waals surface area contributed by atoms with Crippen LogP contribution in [-0.4, -0.2) is 26.4 Å². The van der Waals surface area contributed by atoms with E-state index in [4.69, 9.17) is 12.0 Å². The molecule has 0 atom stereocenters. The van der Waals surface area contributed by atoms with Crippen molar-refractivity contribution in [3.63, 3.8) is 0 Å². The number of halogens is 1. The van der Waals surface area contributed by atoms with Gasteiger partial charge in [0.15, 0.2) is 0 Å². The number of hydrogen-bond donors (Lipinski definition) is 0. The third-order valence-corrected chi connectivity index (χ3v) is 9.81. The van der Waals surface area contributed by atoms with E-state index < -0.39 is 42.1 Å². The fourth-order valence-electron chi connectivity index (χ4n) is 1.83. The summed E-state index contributed by atoms with van der Waals surface area (Å²) in [5, 5.41) is 0. The average molecular weight is 492 g/mol. The molecule has 0 amide bonds. The molecule has 8 heteroatoms. The van der Waals surface area contributed by atoms with Crippen molar-refractivity contribution in [2.24, 2.45) is 0 Å². The first-order chi connectivity index (χ1) is 12.0. The molecule has 0 saturated heterocycles. The maximum absolute atomic E-state index is 11.7. The molecule has 2 aromatic carbocycles. The molecule has 0 aliphatic heterocycles. The van der Waals surface area contributed by atoms with Crippen LogP contribution in [0.4, 0.5) is 4.79 Å². The monoisotopic (exact) mass is 492 g/mol. The van der Waals surface area contributed by atoms with Crippen LogP contribution in [0, 0.1) is 7.14 Å². The van der Waals surface area contributed by atoms with Crippen molar-refractivity contribution in [3.8, 4) is 5.75 Å². The fraction of sp³-hybridized carbons (Fsp3) is 0.278. The van der Waals surface area contributed by atoms with E-state index in [1.54, 1.807) is 45.0 Å². The van der Waals surface area contributed by atoms with Gasteiger partial charge in [-0.15, -0.1) is 0 Å². The Balaban J connectivity index is 2.21. The van der Waals surface area contributed by atoms with Gasteiger partial charge >= 0.3 is 162 Å². The molecule has 0 aliphatic rings. The van der Waals surface area contributed by atoms with Crippen molar-refractivity contribution < 1.29 is 25.2 Å². The van der Waals surface area contributed by atoms with Gasteiger partial charge in [0.25, 0.3) is 0 Å². The zero-order valence-corrected chi connectivity index (χ0v) is 17.9. The SMILES string of the molecule is CC(C)(C)OC(=O)Oc1ccc(I(OS(C)(=O)=O)c2ccccc2)cc1. The van der Waals surface area contributed by atoms with Gasteiger partial charge in [0.05, 0.1) is 0 Å². The van der Waals surface area contributed by atoms with E-state index >= 15 is 0 Å². The Morgan fingerprint density at radius 1 is 0.923 bits per heavy atom. The van der Waals surface area contributed by atoms with Crippen molar-refractivity contribution in [3.05, 3.63) is 61.7 Å². The summed E-state index contributed by atoms with van der Waals surface area (Å²) in [6.07, 6.45) is 0.247. The number of carbonyl (C=O) groups excluding carboxylic acids is 1. The summed E-state index contributed by atoms with van der Waals surface area (Å²) in [6, 6.07) is 15.8. The summed E-state index contributed by atoms with van der Waals surface area (Å²) in [7, 11) is -3.60. The Labute approximate surface area is 161 Å². The minimum atomic E-state index is -3.60. The second kappa shape index (κ2) is 8.36. The second-order valence-electron chi connectivity index (χ2n) is 6.33. The number of benzene rings is 2. The van der Waals surface area contributed by atoms with Crippen molar-refractivity contribution >= 4 is 36.5 Å². The Hall–Kier alpha value is -1.65. The van der Waals surface area contributed by atoms with Crippen LogP contribution in [0.15, 0.2) is 54.6 Å². The molecule has 0 aliphatic carbocycles. The van der Waals surface area contributed by atoms with Crippen LogP contribution in [0.25, 0.3) is 0 Å². The van der Waals surface area contributed by atoms with Crippen molar-refractivity contribution in [2.75, 3.05) is 6.26 Å². The topological polar surface area (TPSA) is 78.9 Å². The first-order valence-corrected chi connectivity index (χ1v) is 12.5. The summed E-state index contributed by atoms with van der Waals surface area (Å²) in [5.74, 6) is 0.311. The van der Waals surface area contributed by atoms with Crippen molar-refractivity contribution in [2.45, 2.75) is 26.4 Å². The summed E-state index contributed by atoms with van der Waals surface area (Å²) in [5.41, 5.74) is -0.646. The Bertz CT molecular complexity index is 842. The third-order valence-electron chi connectivity index (χ3n) is 2.71. The van der Waals surface area contributed by atoms with E-state index in [0.717, 1.165) is 13.4 Å². The maximum atomic E-state index is 11.7. The van der Waals surface area contributed by atoms with Crippen molar-refractivity contribution in [1.29, 1.82) is 0 Å². The van der Waals surface area contributed by atoms with Gasteiger partial charge in [-0.3, -0.25) is 0 Å². The molecule has 2 aromatic rings. The molecule has 0 radical (unpaired) electrons. The van der Waals surface area contributed by atoms with Gasteiger partial charge in [-0.25, -0.2) is 0 Å². The number of hydrogen-bond acceptors (Lipinski definition) is 6. The molecule has 0 heterocycles. The predicted molar refractivity (Wildman–Crippen MR) is 107 cm³/mol. The predicted octanol–water partition coefficient (Wildman–Crippen LogP) is 4.44. The molecule has 142 valence electrons. The first kappa shape index (κ1) is 20.7. The van der Waals surface area contributed by atoms with Crippen molar-refractivity contribution in [1.82, 2.24) is 0 Å². The second-order valence-corrected chi connectivity index (χ2v) is 12.9. The van der Waals surface area contributed by atoms with Crippen LogP contribution < -0.4 is 4.74 Å². The van der Waals surface area contributed by atoms with Crippen LogP contribution in [-0.2, 0) is 17.4 Å². The zero-order chi connectivity index (χ0) is 19.4. The van der Waals surface area contributed by atoms with Gasteiger partial charge < -0.3 is 0 Å². The molecule has 0 unspecified atom stereocenters. The Morgan fingerprint density at radius 2 is 1.46 bits per heavy atom.